The van der Waals surface area contributed by atoms with E-state index in [0.29, 0.717) is 0 Å². The summed E-state index contributed by atoms with van der Waals surface area (Å²) >= 11 is 0. The van der Waals surface area contributed by atoms with Gasteiger partial charge in [-0.25, -0.2) is 0 Å². The van der Waals surface area contributed by atoms with Crippen LogP contribution in [0.3, 0.4) is 0 Å². The Morgan fingerprint density at radius 2 is 1.82 bits per heavy atom. The predicted octanol–water partition coefficient (Wildman–Crippen LogP) is 1.61. The molecule has 4 nitrogen and oxygen atoms in total. The van der Waals surface area contributed by atoms with Crippen molar-refractivity contribution in [2.45, 2.75) is 6.92 Å². The van der Waals surface area contributed by atoms with Crippen LogP contribution in [0.5, 0.6) is 5.75 Å². The highest BCUT2D eigenvalue weighted by molar-refractivity contribution is 6.26. The van der Waals surface area contributed by atoms with Crippen LogP contribution in [0, 0.1) is 0 Å². The summed E-state index contributed by atoms with van der Waals surface area (Å²) in [5, 5.41) is 9.57. The molecule has 1 aromatic carbocycles. The van der Waals surface area contributed by atoms with Gasteiger partial charge in [-0.2, -0.15) is 0 Å². The van der Waals surface area contributed by atoms with E-state index in [9.17, 15) is 14.7 Å². The Bertz CT molecular complexity index is 475. The lowest BCUT2D eigenvalue weighted by Crippen LogP contribution is -2.15. The highest BCUT2D eigenvalue weighted by Crippen LogP contribution is 2.20. The molecule has 0 fully saturated rings. The smallest absolute Gasteiger partial charge is 0.201 e. The minimum absolute atomic E-state index is 0.0523. The zero-order chi connectivity index (χ0) is 13.0. The summed E-state index contributed by atoms with van der Waals surface area (Å²) in [6.07, 6.45) is 1.46. The molecule has 1 aromatic rings. The summed E-state index contributed by atoms with van der Waals surface area (Å²) in [6.45, 7) is 1.33. The number of benzene rings is 1. The van der Waals surface area contributed by atoms with Crippen LogP contribution in [-0.4, -0.2) is 35.7 Å². The van der Waals surface area contributed by atoms with Gasteiger partial charge in [0.15, 0.2) is 5.78 Å². The molecule has 1 rings (SSSR count). The van der Waals surface area contributed by atoms with E-state index in [1.54, 1.807) is 31.1 Å². The molecule has 17 heavy (non-hydrogen) atoms. The lowest BCUT2D eigenvalue weighted by atomic mass is 10.0. The molecule has 0 aromatic heterocycles. The standard InChI is InChI=1S/C13H15NO3/c1-9(15)11(8-14(2)3)13(17)10-6-4-5-7-12(10)16/h4-8,16H,1-3H3. The van der Waals surface area contributed by atoms with E-state index in [-0.39, 0.29) is 22.7 Å². The van der Waals surface area contributed by atoms with Gasteiger partial charge in [0.2, 0.25) is 5.78 Å². The van der Waals surface area contributed by atoms with Gasteiger partial charge in [0, 0.05) is 20.3 Å². The number of carbonyl (C=O) groups is 2. The maximum Gasteiger partial charge on any atom is 0.201 e. The molecule has 0 aliphatic carbocycles. The maximum atomic E-state index is 12.1. The van der Waals surface area contributed by atoms with Gasteiger partial charge in [0.1, 0.15) is 5.75 Å². The number of rotatable bonds is 4. The maximum absolute atomic E-state index is 12.1. The van der Waals surface area contributed by atoms with Gasteiger partial charge in [0.05, 0.1) is 11.1 Å². The van der Waals surface area contributed by atoms with Gasteiger partial charge >= 0.3 is 0 Å². The Labute approximate surface area is 100 Å². The summed E-state index contributed by atoms with van der Waals surface area (Å²) in [7, 11) is 3.45. The molecular formula is C13H15NO3. The minimum Gasteiger partial charge on any atom is -0.507 e. The van der Waals surface area contributed by atoms with Crippen molar-refractivity contribution < 1.29 is 14.7 Å². The quantitative estimate of drug-likeness (QED) is 0.371. The largest absolute Gasteiger partial charge is 0.507 e. The van der Waals surface area contributed by atoms with Crippen molar-refractivity contribution in [3.8, 4) is 5.75 Å². The number of phenolic OH excluding ortho intramolecular Hbond substituents is 1. The number of Topliss-reactive ketones (excluding diaryl/α,β-unsaturated/α-hetero) is 2. The second kappa shape index (κ2) is 5.30. The first-order valence-electron chi connectivity index (χ1n) is 5.15. The number of aromatic hydroxyl groups is 1. The molecule has 0 amide bonds. The molecule has 0 aliphatic heterocycles. The molecule has 90 valence electrons. The van der Waals surface area contributed by atoms with Gasteiger partial charge in [-0.3, -0.25) is 9.59 Å². The molecule has 4 heteroatoms. The fraction of sp³-hybridized carbons (Fsp3) is 0.231. The van der Waals surface area contributed by atoms with Crippen molar-refractivity contribution in [2.75, 3.05) is 14.1 Å². The highest BCUT2D eigenvalue weighted by atomic mass is 16.3. The van der Waals surface area contributed by atoms with Crippen LogP contribution in [0.1, 0.15) is 17.3 Å². The fourth-order valence-corrected chi connectivity index (χ4v) is 1.38. The van der Waals surface area contributed by atoms with Gasteiger partial charge in [-0.1, -0.05) is 12.1 Å². The summed E-state index contributed by atoms with van der Waals surface area (Å²) in [4.78, 5) is 25.1. The molecule has 0 radical (unpaired) electrons. The Morgan fingerprint density at radius 3 is 2.29 bits per heavy atom. The molecule has 0 atom stereocenters. The van der Waals surface area contributed by atoms with Crippen molar-refractivity contribution in [2.24, 2.45) is 0 Å². The highest BCUT2D eigenvalue weighted by Gasteiger charge is 2.19. The molecule has 1 N–H and O–H groups in total. The fourth-order valence-electron chi connectivity index (χ4n) is 1.38. The lowest BCUT2D eigenvalue weighted by Gasteiger charge is -2.09. The van der Waals surface area contributed by atoms with Gasteiger partial charge in [-0.15, -0.1) is 0 Å². The molecule has 0 saturated carbocycles. The number of para-hydroxylation sites is 1. The minimum atomic E-state index is -0.468. The van der Waals surface area contributed by atoms with E-state index in [1.165, 1.54) is 25.3 Å². The topological polar surface area (TPSA) is 57.6 Å². The van der Waals surface area contributed by atoms with Crippen LogP contribution in [0.4, 0.5) is 0 Å². The van der Waals surface area contributed by atoms with E-state index >= 15 is 0 Å². The third-order valence-corrected chi connectivity index (χ3v) is 2.16. The zero-order valence-electron chi connectivity index (χ0n) is 10.1. The second-order valence-electron chi connectivity index (χ2n) is 3.91. The number of carbonyl (C=O) groups excluding carboxylic acids is 2. The predicted molar refractivity (Wildman–Crippen MR) is 64.9 cm³/mol. The van der Waals surface area contributed by atoms with E-state index in [4.69, 9.17) is 0 Å². The van der Waals surface area contributed by atoms with Crippen LogP contribution in [0.25, 0.3) is 0 Å². The van der Waals surface area contributed by atoms with Gasteiger partial charge < -0.3 is 10.0 Å². The molecule has 0 heterocycles. The van der Waals surface area contributed by atoms with Crippen LogP contribution < -0.4 is 0 Å². The summed E-state index contributed by atoms with van der Waals surface area (Å²) in [5.74, 6) is -0.917. The van der Waals surface area contributed by atoms with Crippen LogP contribution in [0.15, 0.2) is 36.0 Å². The Balaban J connectivity index is 3.19. The molecule has 0 unspecified atom stereocenters. The first kappa shape index (κ1) is 13.0. The first-order valence-corrected chi connectivity index (χ1v) is 5.15. The van der Waals surface area contributed by atoms with Crippen molar-refractivity contribution in [1.82, 2.24) is 4.90 Å². The monoisotopic (exact) mass is 233 g/mol. The molecular weight excluding hydrogens is 218 g/mol. The summed E-state index contributed by atoms with van der Waals surface area (Å²) in [6, 6.07) is 6.17. The van der Waals surface area contributed by atoms with Crippen molar-refractivity contribution in [1.29, 1.82) is 0 Å². The Hall–Kier alpha value is -2.10. The number of hydrogen-bond donors (Lipinski definition) is 1. The molecule has 0 bridgehead atoms. The SMILES string of the molecule is CC(=O)C(=CN(C)C)C(=O)c1ccccc1O. The molecule has 0 spiro atoms. The zero-order valence-corrected chi connectivity index (χ0v) is 10.1. The molecule has 0 saturated heterocycles. The Kier molecular flexibility index (Phi) is 4.04. The lowest BCUT2D eigenvalue weighted by molar-refractivity contribution is -0.113. The number of allylic oxidation sites excluding steroid dienone is 1. The Morgan fingerprint density at radius 1 is 1.24 bits per heavy atom. The second-order valence-corrected chi connectivity index (χ2v) is 3.91. The normalized spacial score (nSPS) is 11.1. The van der Waals surface area contributed by atoms with Crippen LogP contribution in [-0.2, 0) is 4.79 Å². The number of nitrogens with zero attached hydrogens (tertiary/aromatic N) is 1. The van der Waals surface area contributed by atoms with Crippen molar-refractivity contribution in [3.05, 3.63) is 41.6 Å². The number of phenols is 1. The van der Waals surface area contributed by atoms with E-state index in [2.05, 4.69) is 0 Å². The third-order valence-electron chi connectivity index (χ3n) is 2.16. The van der Waals surface area contributed by atoms with Gasteiger partial charge in [0.25, 0.3) is 0 Å². The molecule has 0 aliphatic rings. The van der Waals surface area contributed by atoms with Crippen molar-refractivity contribution >= 4 is 11.6 Å². The number of hydrogen-bond acceptors (Lipinski definition) is 4. The number of ketones is 2. The van der Waals surface area contributed by atoms with Crippen LogP contribution in [0.2, 0.25) is 0 Å². The van der Waals surface area contributed by atoms with Gasteiger partial charge in [-0.05, 0) is 19.1 Å². The van der Waals surface area contributed by atoms with Crippen molar-refractivity contribution in [3.63, 3.8) is 0 Å². The summed E-state index contributed by atoms with van der Waals surface area (Å²) in [5.41, 5.74) is 0.187. The van der Waals surface area contributed by atoms with E-state index in [1.807, 2.05) is 0 Å². The van der Waals surface area contributed by atoms with Crippen LogP contribution >= 0.6 is 0 Å². The van der Waals surface area contributed by atoms with E-state index < -0.39 is 5.78 Å². The average molecular weight is 233 g/mol. The summed E-state index contributed by atoms with van der Waals surface area (Å²) < 4.78 is 0. The first-order chi connectivity index (χ1) is 7.93. The average Bonchev–Trinajstić information content (AvgIpc) is 2.25. The third kappa shape index (κ3) is 3.17. The van der Waals surface area contributed by atoms with E-state index in [0.717, 1.165) is 0 Å².